The van der Waals surface area contributed by atoms with Gasteiger partial charge in [-0.05, 0) is 13.8 Å². The van der Waals surface area contributed by atoms with E-state index in [4.69, 9.17) is 10.2 Å². The van der Waals surface area contributed by atoms with Crippen molar-refractivity contribution < 1.29 is 35.5 Å². The van der Waals surface area contributed by atoms with Crippen LogP contribution in [-0.2, 0) is 9.59 Å². The smallest absolute Gasteiger partial charge is 0.547 e. The molecule has 2 unspecified atom stereocenters. The van der Waals surface area contributed by atoms with Crippen LogP contribution in [0.25, 0.3) is 0 Å². The largest absolute Gasteiger partial charge is 2.00 e. The molecule has 0 saturated carbocycles. The van der Waals surface area contributed by atoms with E-state index < -0.39 is 24.1 Å². The Kier molecular flexibility index (Phi) is 22.7. The fourth-order valence-electron chi connectivity index (χ4n) is 0. The summed E-state index contributed by atoms with van der Waals surface area (Å²) in [6, 6.07) is 0. The SMILES string of the molecule is CC(O)C(=O)[O-].CC(O)C(=O)[O-].O.[Sr+2]. The van der Waals surface area contributed by atoms with Gasteiger partial charge in [0.25, 0.3) is 0 Å². The number of aliphatic hydroxyl groups is 2. The monoisotopic (exact) mass is 284 g/mol. The fraction of sp³-hybridized carbons (Fsp3) is 0.667. The molecule has 0 radical (unpaired) electrons. The molecule has 0 aromatic rings. The molecule has 0 bridgehead atoms. The van der Waals surface area contributed by atoms with Gasteiger partial charge in [-0.2, -0.15) is 0 Å². The Morgan fingerprint density at radius 2 is 1.07 bits per heavy atom. The van der Waals surface area contributed by atoms with Crippen molar-refractivity contribution in [1.82, 2.24) is 0 Å². The normalized spacial score (nSPS) is 11.7. The number of carbonyl (C=O) groups excluding carboxylic acids is 2. The maximum atomic E-state index is 9.34. The van der Waals surface area contributed by atoms with Crippen LogP contribution in [0.15, 0.2) is 0 Å². The average Bonchev–Trinajstić information content (AvgIpc) is 1.88. The molecule has 0 heterocycles. The summed E-state index contributed by atoms with van der Waals surface area (Å²) in [6.07, 6.45) is -2.69. The molecule has 0 rings (SSSR count). The van der Waals surface area contributed by atoms with Crippen LogP contribution >= 0.6 is 0 Å². The summed E-state index contributed by atoms with van der Waals surface area (Å²) in [5.41, 5.74) is 0. The van der Waals surface area contributed by atoms with Crippen LogP contribution in [0.1, 0.15) is 13.8 Å². The second kappa shape index (κ2) is 13.3. The van der Waals surface area contributed by atoms with Crippen LogP contribution in [-0.4, -0.2) is 85.3 Å². The van der Waals surface area contributed by atoms with Crippen molar-refractivity contribution in [2.24, 2.45) is 0 Å². The van der Waals surface area contributed by atoms with E-state index in [0.29, 0.717) is 0 Å². The zero-order valence-electron chi connectivity index (χ0n) is 7.89. The fourth-order valence-corrected chi connectivity index (χ4v) is 0. The van der Waals surface area contributed by atoms with Crippen molar-refractivity contribution in [2.75, 3.05) is 0 Å². The van der Waals surface area contributed by atoms with Gasteiger partial charge in [0, 0.05) is 0 Å². The van der Waals surface area contributed by atoms with Gasteiger partial charge in [0.1, 0.15) is 0 Å². The minimum Gasteiger partial charge on any atom is -0.547 e. The first-order chi connectivity index (χ1) is 5.29. The van der Waals surface area contributed by atoms with Crippen molar-refractivity contribution in [3.63, 3.8) is 0 Å². The van der Waals surface area contributed by atoms with E-state index in [2.05, 4.69) is 0 Å². The molecule has 7 nitrogen and oxygen atoms in total. The second-order valence-corrected chi connectivity index (χ2v) is 1.99. The van der Waals surface area contributed by atoms with E-state index in [1.165, 1.54) is 0 Å². The zero-order valence-corrected chi connectivity index (χ0v) is 11.4. The van der Waals surface area contributed by atoms with Crippen LogP contribution in [0, 0.1) is 0 Å². The quantitative estimate of drug-likeness (QED) is 0.484. The summed E-state index contributed by atoms with van der Waals surface area (Å²) in [5.74, 6) is -2.87. The van der Waals surface area contributed by atoms with Crippen molar-refractivity contribution in [3.05, 3.63) is 0 Å². The molecule has 80 valence electrons. The van der Waals surface area contributed by atoms with Gasteiger partial charge < -0.3 is 35.5 Å². The summed E-state index contributed by atoms with van der Waals surface area (Å²) >= 11 is 0. The third-order valence-corrected chi connectivity index (χ3v) is 0.682. The van der Waals surface area contributed by atoms with Crippen LogP contribution in [0.2, 0.25) is 0 Å². The molecule has 0 amide bonds. The molecule has 2 atom stereocenters. The molecule has 0 aromatic carbocycles. The van der Waals surface area contributed by atoms with E-state index in [0.717, 1.165) is 13.8 Å². The molecular formula is C6H12O7Sr. The van der Waals surface area contributed by atoms with E-state index in [1.54, 1.807) is 0 Å². The van der Waals surface area contributed by atoms with Crippen molar-refractivity contribution in [1.29, 1.82) is 0 Å². The van der Waals surface area contributed by atoms with Crippen LogP contribution in [0.5, 0.6) is 0 Å². The second-order valence-electron chi connectivity index (χ2n) is 1.99. The first-order valence-corrected chi connectivity index (χ1v) is 3.06. The van der Waals surface area contributed by atoms with Gasteiger partial charge in [0.2, 0.25) is 0 Å². The predicted octanol–water partition coefficient (Wildman–Crippen LogP) is -4.97. The minimum absolute atomic E-state index is 0. The molecule has 8 heteroatoms. The van der Waals surface area contributed by atoms with Gasteiger partial charge >= 0.3 is 45.5 Å². The Bertz CT molecular complexity index is 138. The van der Waals surface area contributed by atoms with Crippen molar-refractivity contribution in [2.45, 2.75) is 26.1 Å². The number of carbonyl (C=O) groups is 2. The van der Waals surface area contributed by atoms with Crippen LogP contribution < -0.4 is 10.2 Å². The van der Waals surface area contributed by atoms with E-state index in [-0.39, 0.29) is 51.0 Å². The standard InChI is InChI=1S/2C3H6O3.H2O.Sr/c2*1-2(4)3(5)6;;/h2*2,4H,1H3,(H,5,6);1H2;/q;;;+2/p-2. The van der Waals surface area contributed by atoms with Crippen LogP contribution in [0.4, 0.5) is 0 Å². The Hall–Kier alpha value is 0.301. The molecule has 0 spiro atoms. The molecule has 0 aromatic heterocycles. The minimum atomic E-state index is -1.44. The summed E-state index contributed by atoms with van der Waals surface area (Å²) in [4.78, 5) is 18.7. The van der Waals surface area contributed by atoms with Gasteiger partial charge in [-0.15, -0.1) is 0 Å². The first kappa shape index (κ1) is 23.8. The number of aliphatic carboxylic acids is 2. The first-order valence-electron chi connectivity index (χ1n) is 3.06. The Balaban J connectivity index is -0.0000000625. The zero-order chi connectivity index (χ0) is 10.3. The van der Waals surface area contributed by atoms with Gasteiger partial charge in [0.15, 0.2) is 0 Å². The third-order valence-electron chi connectivity index (χ3n) is 0.682. The Morgan fingerprint density at radius 3 is 1.07 bits per heavy atom. The van der Waals surface area contributed by atoms with Gasteiger partial charge in [-0.1, -0.05) is 0 Å². The Labute approximate surface area is 118 Å². The molecule has 14 heavy (non-hydrogen) atoms. The molecule has 4 N–H and O–H groups in total. The topological polar surface area (TPSA) is 152 Å². The number of aliphatic hydroxyl groups excluding tert-OH is 2. The van der Waals surface area contributed by atoms with Crippen LogP contribution in [0.3, 0.4) is 0 Å². The predicted molar refractivity (Wildman–Crippen MR) is 42.7 cm³/mol. The number of hydrogen-bond donors (Lipinski definition) is 2. The molecule has 0 saturated heterocycles. The van der Waals surface area contributed by atoms with E-state index in [1.807, 2.05) is 0 Å². The summed E-state index contributed by atoms with van der Waals surface area (Å²) in [5, 5.41) is 34.6. The molecule has 0 aliphatic carbocycles. The molecule has 0 fully saturated rings. The summed E-state index contributed by atoms with van der Waals surface area (Å²) in [6.45, 7) is 2.27. The number of carboxylic acids is 2. The summed E-state index contributed by atoms with van der Waals surface area (Å²) < 4.78 is 0. The number of carboxylic acid groups (broad SMARTS) is 2. The summed E-state index contributed by atoms with van der Waals surface area (Å²) in [7, 11) is 0. The Morgan fingerprint density at radius 1 is 1.00 bits per heavy atom. The van der Waals surface area contributed by atoms with Crippen molar-refractivity contribution in [3.8, 4) is 0 Å². The van der Waals surface area contributed by atoms with E-state index in [9.17, 15) is 19.8 Å². The van der Waals surface area contributed by atoms with Crippen molar-refractivity contribution >= 4 is 57.4 Å². The number of rotatable bonds is 2. The maximum Gasteiger partial charge on any atom is 2.00 e. The van der Waals surface area contributed by atoms with Gasteiger partial charge in [-0.25, -0.2) is 0 Å². The van der Waals surface area contributed by atoms with E-state index >= 15 is 0 Å². The maximum absolute atomic E-state index is 9.34. The number of hydrogen-bond acceptors (Lipinski definition) is 6. The van der Waals surface area contributed by atoms with Gasteiger partial charge in [0.05, 0.1) is 24.1 Å². The third kappa shape index (κ3) is 22.8. The molecule has 0 aliphatic rings. The average molecular weight is 284 g/mol. The van der Waals surface area contributed by atoms with Gasteiger partial charge in [-0.3, -0.25) is 0 Å². The molecular weight excluding hydrogens is 272 g/mol. The molecule has 0 aliphatic heterocycles.